The minimum Gasteiger partial charge on any atom is -0.445 e. The summed E-state index contributed by atoms with van der Waals surface area (Å²) >= 11 is 0. The number of rotatable bonds is 3. The van der Waals surface area contributed by atoms with E-state index in [9.17, 15) is 4.79 Å². The second-order valence-corrected chi connectivity index (χ2v) is 6.99. The maximum atomic E-state index is 12.2. The van der Waals surface area contributed by atoms with E-state index in [4.69, 9.17) is 4.74 Å². The van der Waals surface area contributed by atoms with Crippen LogP contribution in [0.3, 0.4) is 0 Å². The van der Waals surface area contributed by atoms with Crippen molar-refractivity contribution < 1.29 is 9.53 Å². The van der Waals surface area contributed by atoms with Crippen molar-refractivity contribution in [3.8, 4) is 0 Å². The highest BCUT2D eigenvalue weighted by Gasteiger charge is 2.24. The molecule has 1 amide bonds. The van der Waals surface area contributed by atoms with Crippen LogP contribution < -0.4 is 10.6 Å². The zero-order valence-electron chi connectivity index (χ0n) is 14.3. The monoisotopic (exact) mass is 336 g/mol. The molecule has 4 heteroatoms. The quantitative estimate of drug-likeness (QED) is 0.894. The maximum Gasteiger partial charge on any atom is 0.411 e. The van der Waals surface area contributed by atoms with Gasteiger partial charge in [0.2, 0.25) is 0 Å². The van der Waals surface area contributed by atoms with Crippen LogP contribution >= 0.6 is 0 Å². The molecule has 0 radical (unpaired) electrons. The van der Waals surface area contributed by atoms with Gasteiger partial charge in [0.1, 0.15) is 6.10 Å². The van der Waals surface area contributed by atoms with Crippen LogP contribution in [0, 0.1) is 0 Å². The van der Waals surface area contributed by atoms with Crippen molar-refractivity contribution >= 4 is 11.8 Å². The van der Waals surface area contributed by atoms with E-state index in [1.54, 1.807) is 0 Å². The van der Waals surface area contributed by atoms with Gasteiger partial charge < -0.3 is 10.1 Å². The summed E-state index contributed by atoms with van der Waals surface area (Å²) in [6.45, 7) is 2.16. The van der Waals surface area contributed by atoms with E-state index in [-0.39, 0.29) is 12.2 Å². The Bertz CT molecular complexity index is 711. The fourth-order valence-corrected chi connectivity index (χ4v) is 3.88. The summed E-state index contributed by atoms with van der Waals surface area (Å²) in [5, 5.41) is 6.29. The third-order valence-electron chi connectivity index (χ3n) is 5.21. The van der Waals surface area contributed by atoms with Gasteiger partial charge in [0, 0.05) is 25.1 Å². The molecule has 2 aliphatic rings. The van der Waals surface area contributed by atoms with Crippen molar-refractivity contribution in [3.05, 3.63) is 65.2 Å². The SMILES string of the molecule is O=C(Nc1ccc(C2CCCNC2)cc1)OC1Cc2ccccc2C1. The lowest BCUT2D eigenvalue weighted by molar-refractivity contribution is 0.116. The molecule has 1 saturated heterocycles. The van der Waals surface area contributed by atoms with E-state index < -0.39 is 0 Å². The third-order valence-corrected chi connectivity index (χ3v) is 5.21. The number of carbonyl (C=O) groups excluding carboxylic acids is 1. The first-order chi connectivity index (χ1) is 12.3. The molecule has 1 aliphatic carbocycles. The predicted molar refractivity (Wildman–Crippen MR) is 99.0 cm³/mol. The Morgan fingerprint density at radius 1 is 1.04 bits per heavy atom. The van der Waals surface area contributed by atoms with E-state index in [0.29, 0.717) is 5.92 Å². The van der Waals surface area contributed by atoms with Crippen LogP contribution in [-0.4, -0.2) is 25.3 Å². The molecule has 0 bridgehead atoms. The Kier molecular flexibility index (Phi) is 4.70. The molecular formula is C21H24N2O2. The molecule has 4 rings (SSSR count). The van der Waals surface area contributed by atoms with Gasteiger partial charge >= 0.3 is 6.09 Å². The summed E-state index contributed by atoms with van der Waals surface area (Å²) in [7, 11) is 0. The molecular weight excluding hydrogens is 312 g/mol. The second-order valence-electron chi connectivity index (χ2n) is 6.99. The average molecular weight is 336 g/mol. The molecule has 2 aromatic rings. The largest absolute Gasteiger partial charge is 0.445 e. The number of carbonyl (C=O) groups is 1. The van der Waals surface area contributed by atoms with Gasteiger partial charge in [0.25, 0.3) is 0 Å². The van der Waals surface area contributed by atoms with Crippen molar-refractivity contribution in [3.63, 3.8) is 0 Å². The Morgan fingerprint density at radius 2 is 1.76 bits per heavy atom. The molecule has 1 fully saturated rings. The number of piperidine rings is 1. The first-order valence-corrected chi connectivity index (χ1v) is 9.13. The van der Waals surface area contributed by atoms with Gasteiger partial charge in [0.15, 0.2) is 0 Å². The standard InChI is InChI=1S/C21H24N2O2/c24-21(25-20-12-16-4-1-2-5-17(16)13-20)23-19-9-7-15(8-10-19)18-6-3-11-22-14-18/h1-2,4-5,7-10,18,20,22H,3,6,11-14H2,(H,23,24). The number of amides is 1. The molecule has 2 aromatic carbocycles. The number of fused-ring (bicyclic) bond motifs is 1. The normalized spacial score (nSPS) is 20.1. The van der Waals surface area contributed by atoms with E-state index in [1.165, 1.54) is 29.5 Å². The lowest BCUT2D eigenvalue weighted by atomic mass is 9.92. The average Bonchev–Trinajstić information content (AvgIpc) is 3.05. The molecule has 0 spiro atoms. The van der Waals surface area contributed by atoms with Crippen LogP contribution in [0.15, 0.2) is 48.5 Å². The van der Waals surface area contributed by atoms with Gasteiger partial charge in [-0.1, -0.05) is 36.4 Å². The van der Waals surface area contributed by atoms with Crippen molar-refractivity contribution in [1.29, 1.82) is 0 Å². The molecule has 25 heavy (non-hydrogen) atoms. The summed E-state index contributed by atoms with van der Waals surface area (Å²) in [6, 6.07) is 16.4. The van der Waals surface area contributed by atoms with E-state index in [1.807, 2.05) is 24.3 Å². The Hall–Kier alpha value is -2.33. The Balaban J connectivity index is 1.31. The number of hydrogen-bond donors (Lipinski definition) is 2. The first-order valence-electron chi connectivity index (χ1n) is 9.13. The number of anilines is 1. The van der Waals surface area contributed by atoms with Crippen molar-refractivity contribution in [1.82, 2.24) is 5.32 Å². The van der Waals surface area contributed by atoms with Gasteiger partial charge in [-0.3, -0.25) is 5.32 Å². The molecule has 1 heterocycles. The molecule has 130 valence electrons. The summed E-state index contributed by atoms with van der Waals surface area (Å²) in [4.78, 5) is 12.2. The Labute approximate surface area is 148 Å². The third kappa shape index (κ3) is 3.85. The van der Waals surface area contributed by atoms with E-state index in [0.717, 1.165) is 31.6 Å². The summed E-state index contributed by atoms with van der Waals surface area (Å²) in [5.41, 5.74) is 4.68. The fourth-order valence-electron chi connectivity index (χ4n) is 3.88. The first kappa shape index (κ1) is 16.2. The van der Waals surface area contributed by atoms with Crippen LogP contribution in [0.4, 0.5) is 10.5 Å². The van der Waals surface area contributed by atoms with Crippen LogP contribution in [0.2, 0.25) is 0 Å². The predicted octanol–water partition coefficient (Wildman–Crippen LogP) is 3.87. The van der Waals surface area contributed by atoms with Crippen LogP contribution in [0.1, 0.15) is 35.4 Å². The molecule has 1 unspecified atom stereocenters. The number of nitrogens with one attached hydrogen (secondary N) is 2. The summed E-state index contributed by atoms with van der Waals surface area (Å²) < 4.78 is 5.58. The summed E-state index contributed by atoms with van der Waals surface area (Å²) in [5.74, 6) is 0.576. The van der Waals surface area contributed by atoms with Gasteiger partial charge in [-0.2, -0.15) is 0 Å². The van der Waals surface area contributed by atoms with Crippen molar-refractivity contribution in [2.24, 2.45) is 0 Å². The number of hydrogen-bond acceptors (Lipinski definition) is 3. The topological polar surface area (TPSA) is 50.4 Å². The maximum absolute atomic E-state index is 12.2. The van der Waals surface area contributed by atoms with Gasteiger partial charge in [-0.15, -0.1) is 0 Å². The van der Waals surface area contributed by atoms with Crippen LogP contribution in [0.5, 0.6) is 0 Å². The molecule has 1 aliphatic heterocycles. The molecule has 1 atom stereocenters. The van der Waals surface area contributed by atoms with E-state index in [2.05, 4.69) is 34.9 Å². The van der Waals surface area contributed by atoms with Crippen LogP contribution in [0.25, 0.3) is 0 Å². The molecule has 0 aromatic heterocycles. The molecule has 2 N–H and O–H groups in total. The zero-order valence-corrected chi connectivity index (χ0v) is 14.3. The van der Waals surface area contributed by atoms with Gasteiger partial charge in [-0.05, 0) is 54.1 Å². The minimum atomic E-state index is -0.370. The lowest BCUT2D eigenvalue weighted by Crippen LogP contribution is -2.28. The highest BCUT2D eigenvalue weighted by atomic mass is 16.6. The minimum absolute atomic E-state index is 0.0648. The summed E-state index contributed by atoms with van der Waals surface area (Å²) in [6.07, 6.45) is 3.62. The lowest BCUT2D eigenvalue weighted by Gasteiger charge is -2.23. The second kappa shape index (κ2) is 7.28. The molecule has 4 nitrogen and oxygen atoms in total. The fraction of sp³-hybridized carbons (Fsp3) is 0.381. The van der Waals surface area contributed by atoms with Gasteiger partial charge in [-0.25, -0.2) is 4.79 Å². The van der Waals surface area contributed by atoms with E-state index >= 15 is 0 Å². The van der Waals surface area contributed by atoms with Crippen molar-refractivity contribution in [2.75, 3.05) is 18.4 Å². The van der Waals surface area contributed by atoms with Crippen LogP contribution in [-0.2, 0) is 17.6 Å². The number of benzene rings is 2. The zero-order chi connectivity index (χ0) is 17.1. The molecule has 0 saturated carbocycles. The highest BCUT2D eigenvalue weighted by Crippen LogP contribution is 2.26. The van der Waals surface area contributed by atoms with Crippen molar-refractivity contribution in [2.45, 2.75) is 37.7 Å². The smallest absolute Gasteiger partial charge is 0.411 e. The number of ether oxygens (including phenoxy) is 1. The Morgan fingerprint density at radius 3 is 2.40 bits per heavy atom. The highest BCUT2D eigenvalue weighted by molar-refractivity contribution is 5.84. The van der Waals surface area contributed by atoms with Gasteiger partial charge in [0.05, 0.1) is 0 Å².